The van der Waals surface area contributed by atoms with Crippen LogP contribution in [-0.2, 0) is 0 Å². The third kappa shape index (κ3) is 3.44. The predicted octanol–water partition coefficient (Wildman–Crippen LogP) is 2.22. The van der Waals surface area contributed by atoms with Crippen LogP contribution in [0, 0.1) is 17.0 Å². The topological polar surface area (TPSA) is 99.0 Å². The van der Waals surface area contributed by atoms with Crippen molar-refractivity contribution in [2.45, 2.75) is 52.6 Å². The van der Waals surface area contributed by atoms with Gasteiger partial charge in [-0.15, -0.1) is 0 Å². The summed E-state index contributed by atoms with van der Waals surface area (Å²) in [5, 5.41) is 18.6. The predicted molar refractivity (Wildman–Crippen MR) is 75.4 cm³/mol. The Bertz CT molecular complexity index is 442. The summed E-state index contributed by atoms with van der Waals surface area (Å²) in [5.41, 5.74) is 6.17. The van der Waals surface area contributed by atoms with Gasteiger partial charge in [-0.1, -0.05) is 13.3 Å². The Hall–Kier alpha value is -1.63. The van der Waals surface area contributed by atoms with Gasteiger partial charge in [-0.3, -0.25) is 10.1 Å². The molecule has 0 saturated carbocycles. The van der Waals surface area contributed by atoms with E-state index in [1.54, 1.807) is 11.6 Å². The number of hydrogen-bond donors (Lipinski definition) is 2. The molecule has 1 unspecified atom stereocenters. The average molecular weight is 269 g/mol. The number of anilines is 1. The Balaban J connectivity index is 3.17. The van der Waals surface area contributed by atoms with E-state index in [4.69, 9.17) is 5.73 Å². The van der Waals surface area contributed by atoms with Crippen LogP contribution in [0.1, 0.15) is 45.3 Å². The van der Waals surface area contributed by atoms with E-state index in [1.165, 1.54) is 0 Å². The summed E-state index contributed by atoms with van der Waals surface area (Å²) < 4.78 is 1.66. The first kappa shape index (κ1) is 15.4. The van der Waals surface area contributed by atoms with Crippen LogP contribution in [0.15, 0.2) is 0 Å². The summed E-state index contributed by atoms with van der Waals surface area (Å²) in [6, 6.07) is 0.0762. The van der Waals surface area contributed by atoms with Crippen LogP contribution in [0.2, 0.25) is 0 Å². The van der Waals surface area contributed by atoms with Crippen molar-refractivity contribution in [2.75, 3.05) is 11.9 Å². The van der Waals surface area contributed by atoms with E-state index in [2.05, 4.69) is 17.3 Å². The molecule has 0 fully saturated rings. The Kier molecular flexibility index (Phi) is 5.29. The summed E-state index contributed by atoms with van der Waals surface area (Å²) in [4.78, 5) is 10.8. The van der Waals surface area contributed by atoms with Crippen molar-refractivity contribution in [1.82, 2.24) is 9.78 Å². The van der Waals surface area contributed by atoms with E-state index < -0.39 is 0 Å². The minimum absolute atomic E-state index is 0.0253. The molecule has 7 nitrogen and oxygen atoms in total. The molecule has 7 heteroatoms. The number of nitrogens with one attached hydrogen (secondary N) is 1. The van der Waals surface area contributed by atoms with Crippen molar-refractivity contribution < 1.29 is 4.92 Å². The number of nitrogens with zero attached hydrogens (tertiary/aromatic N) is 3. The van der Waals surface area contributed by atoms with Crippen LogP contribution in [0.4, 0.5) is 11.5 Å². The molecule has 0 aliphatic carbocycles. The average Bonchev–Trinajstić information content (AvgIpc) is 2.65. The first-order valence-electron chi connectivity index (χ1n) is 6.62. The van der Waals surface area contributed by atoms with Crippen LogP contribution in [0.5, 0.6) is 0 Å². The summed E-state index contributed by atoms with van der Waals surface area (Å²) in [6.45, 7) is 8.04. The number of aryl methyl sites for hydroxylation is 1. The Morgan fingerprint density at radius 3 is 2.58 bits per heavy atom. The molecule has 0 radical (unpaired) electrons. The third-order valence-electron chi connectivity index (χ3n) is 2.99. The lowest BCUT2D eigenvalue weighted by Crippen LogP contribution is -2.30. The minimum Gasteiger partial charge on any atom is -0.361 e. The zero-order valence-electron chi connectivity index (χ0n) is 12.0. The molecule has 0 aliphatic rings. The van der Waals surface area contributed by atoms with E-state index in [0.29, 0.717) is 18.1 Å². The summed E-state index contributed by atoms with van der Waals surface area (Å²) in [6.07, 6.45) is 1.84. The van der Waals surface area contributed by atoms with Gasteiger partial charge in [0.05, 0.1) is 4.92 Å². The maximum absolute atomic E-state index is 11.2. The van der Waals surface area contributed by atoms with Gasteiger partial charge in [0.2, 0.25) is 5.82 Å². The fourth-order valence-electron chi connectivity index (χ4n) is 2.06. The van der Waals surface area contributed by atoms with Crippen molar-refractivity contribution in [1.29, 1.82) is 0 Å². The Morgan fingerprint density at radius 1 is 1.53 bits per heavy atom. The fraction of sp³-hybridized carbons (Fsp3) is 0.750. The van der Waals surface area contributed by atoms with E-state index in [1.807, 2.05) is 13.8 Å². The van der Waals surface area contributed by atoms with Gasteiger partial charge in [-0.25, -0.2) is 4.68 Å². The smallest absolute Gasteiger partial charge is 0.333 e. The zero-order chi connectivity index (χ0) is 14.6. The Morgan fingerprint density at radius 2 is 2.16 bits per heavy atom. The maximum atomic E-state index is 11.2. The highest BCUT2D eigenvalue weighted by Gasteiger charge is 2.27. The van der Waals surface area contributed by atoms with Crippen LogP contribution in [-0.4, -0.2) is 27.3 Å². The summed E-state index contributed by atoms with van der Waals surface area (Å²) >= 11 is 0. The van der Waals surface area contributed by atoms with Crippen molar-refractivity contribution >= 4 is 11.5 Å². The molecule has 0 aliphatic heterocycles. The SMILES string of the molecule is CCCC(CN)Nc1c([N+](=O)[O-])c(C)nn1C(C)C. The van der Waals surface area contributed by atoms with Crippen LogP contribution >= 0.6 is 0 Å². The lowest BCUT2D eigenvalue weighted by molar-refractivity contribution is -0.384. The lowest BCUT2D eigenvalue weighted by atomic mass is 10.1. The van der Waals surface area contributed by atoms with Crippen LogP contribution in [0.25, 0.3) is 0 Å². The van der Waals surface area contributed by atoms with Gasteiger partial charge in [0.15, 0.2) is 0 Å². The number of nitro groups is 1. The number of rotatable bonds is 7. The molecule has 1 aromatic rings. The molecule has 0 amide bonds. The molecule has 1 aromatic heterocycles. The van der Waals surface area contributed by atoms with Crippen LogP contribution < -0.4 is 11.1 Å². The van der Waals surface area contributed by atoms with Crippen molar-refractivity contribution in [2.24, 2.45) is 5.73 Å². The number of nitrogens with two attached hydrogens (primary N) is 1. The summed E-state index contributed by atoms with van der Waals surface area (Å²) in [7, 11) is 0. The first-order valence-corrected chi connectivity index (χ1v) is 6.62. The van der Waals surface area contributed by atoms with Gasteiger partial charge in [-0.2, -0.15) is 5.10 Å². The minimum atomic E-state index is -0.386. The molecule has 1 rings (SSSR count). The van der Waals surface area contributed by atoms with E-state index in [9.17, 15) is 10.1 Å². The zero-order valence-corrected chi connectivity index (χ0v) is 12.0. The van der Waals surface area contributed by atoms with Gasteiger partial charge in [0.1, 0.15) is 5.69 Å². The van der Waals surface area contributed by atoms with E-state index in [0.717, 1.165) is 12.8 Å². The largest absolute Gasteiger partial charge is 0.361 e. The van der Waals surface area contributed by atoms with Crippen molar-refractivity contribution in [3.8, 4) is 0 Å². The van der Waals surface area contributed by atoms with Gasteiger partial charge >= 0.3 is 5.69 Å². The molecule has 1 heterocycles. The molecule has 0 bridgehead atoms. The molecule has 0 saturated heterocycles. The third-order valence-corrected chi connectivity index (χ3v) is 2.99. The second-order valence-electron chi connectivity index (χ2n) is 4.94. The quantitative estimate of drug-likeness (QED) is 0.584. The molecule has 108 valence electrons. The van der Waals surface area contributed by atoms with Gasteiger partial charge in [0.25, 0.3) is 0 Å². The molecule has 0 spiro atoms. The second-order valence-corrected chi connectivity index (χ2v) is 4.94. The molecular weight excluding hydrogens is 246 g/mol. The van der Waals surface area contributed by atoms with Gasteiger partial charge < -0.3 is 11.1 Å². The van der Waals surface area contributed by atoms with Crippen molar-refractivity contribution in [3.63, 3.8) is 0 Å². The standard InChI is InChI=1S/C12H23N5O2/c1-5-6-10(7-13)14-12-11(17(18)19)9(4)15-16(12)8(2)3/h8,10,14H,5-7,13H2,1-4H3. The number of hydrogen-bond acceptors (Lipinski definition) is 5. The number of aromatic nitrogens is 2. The molecule has 0 aromatic carbocycles. The molecule has 1 atom stereocenters. The highest BCUT2D eigenvalue weighted by molar-refractivity contribution is 5.60. The normalized spacial score (nSPS) is 12.7. The van der Waals surface area contributed by atoms with E-state index in [-0.39, 0.29) is 22.7 Å². The highest BCUT2D eigenvalue weighted by Crippen LogP contribution is 2.31. The van der Waals surface area contributed by atoms with Crippen molar-refractivity contribution in [3.05, 3.63) is 15.8 Å². The van der Waals surface area contributed by atoms with Gasteiger partial charge in [-0.05, 0) is 27.2 Å². The van der Waals surface area contributed by atoms with Gasteiger partial charge in [0, 0.05) is 18.6 Å². The fourth-order valence-corrected chi connectivity index (χ4v) is 2.06. The van der Waals surface area contributed by atoms with Crippen LogP contribution in [0.3, 0.4) is 0 Å². The summed E-state index contributed by atoms with van der Waals surface area (Å²) in [5.74, 6) is 0.460. The van der Waals surface area contributed by atoms with E-state index >= 15 is 0 Å². The first-order chi connectivity index (χ1) is 8.92. The molecule has 19 heavy (non-hydrogen) atoms. The lowest BCUT2D eigenvalue weighted by Gasteiger charge is -2.19. The second kappa shape index (κ2) is 6.51. The Labute approximate surface area is 113 Å². The molecular formula is C12H23N5O2. The molecule has 3 N–H and O–H groups in total. The highest BCUT2D eigenvalue weighted by atomic mass is 16.6. The maximum Gasteiger partial charge on any atom is 0.333 e. The monoisotopic (exact) mass is 269 g/mol.